The van der Waals surface area contributed by atoms with E-state index in [2.05, 4.69) is 34.7 Å². The number of carbonyl (C=O) groups excluding carboxylic acids is 1. The fourth-order valence-corrected chi connectivity index (χ4v) is 2.41. The minimum absolute atomic E-state index is 0.396. The van der Waals surface area contributed by atoms with Gasteiger partial charge >= 0.3 is 5.97 Å². The number of benzene rings is 1. The molecule has 0 spiro atoms. The van der Waals surface area contributed by atoms with Gasteiger partial charge in [0.25, 0.3) is 0 Å². The van der Waals surface area contributed by atoms with Gasteiger partial charge in [-0.15, -0.1) is 0 Å². The van der Waals surface area contributed by atoms with Crippen molar-refractivity contribution in [2.24, 2.45) is 4.99 Å². The Morgan fingerprint density at radius 3 is 2.68 bits per heavy atom. The molecule has 0 bridgehead atoms. The number of furan rings is 1. The minimum Gasteiger partial charge on any atom is -0.465 e. The van der Waals surface area contributed by atoms with Crippen molar-refractivity contribution in [2.45, 2.75) is 33.9 Å². The molecule has 134 valence electrons. The summed E-state index contributed by atoms with van der Waals surface area (Å²) in [5.41, 5.74) is 2.84. The van der Waals surface area contributed by atoms with Gasteiger partial charge in [-0.25, -0.2) is 9.79 Å². The third kappa shape index (κ3) is 5.11. The number of guanidine groups is 1. The molecule has 0 aliphatic heterocycles. The third-order valence-corrected chi connectivity index (χ3v) is 3.82. The number of hydrogen-bond donors (Lipinski definition) is 2. The predicted molar refractivity (Wildman–Crippen MR) is 97.6 cm³/mol. The molecule has 0 aliphatic rings. The van der Waals surface area contributed by atoms with Gasteiger partial charge in [-0.2, -0.15) is 0 Å². The molecule has 2 N–H and O–H groups in total. The highest BCUT2D eigenvalue weighted by molar-refractivity contribution is 5.90. The third-order valence-electron chi connectivity index (χ3n) is 3.82. The standard InChI is InChI=1S/C19H25N3O3/c1-5-20-19(21-11-15-9-7-6-8-13(15)2)22-12-16-10-17(14(3)25-16)18(23)24-4/h6-10H,5,11-12H2,1-4H3,(H2,20,21,22). The van der Waals surface area contributed by atoms with Crippen LogP contribution in [0.2, 0.25) is 0 Å². The van der Waals surface area contributed by atoms with Crippen LogP contribution in [0.15, 0.2) is 39.7 Å². The molecule has 0 amide bonds. The van der Waals surface area contributed by atoms with Crippen LogP contribution in [0.5, 0.6) is 0 Å². The number of methoxy groups -OCH3 is 1. The monoisotopic (exact) mass is 343 g/mol. The van der Waals surface area contributed by atoms with Crippen molar-refractivity contribution >= 4 is 11.9 Å². The molecule has 0 aliphatic carbocycles. The van der Waals surface area contributed by atoms with Crippen LogP contribution in [0.25, 0.3) is 0 Å². The molecular weight excluding hydrogens is 318 g/mol. The highest BCUT2D eigenvalue weighted by Crippen LogP contribution is 2.15. The minimum atomic E-state index is -0.396. The summed E-state index contributed by atoms with van der Waals surface area (Å²) >= 11 is 0. The van der Waals surface area contributed by atoms with E-state index in [1.807, 2.05) is 19.1 Å². The first-order chi connectivity index (χ1) is 12.0. The van der Waals surface area contributed by atoms with E-state index in [0.29, 0.717) is 36.1 Å². The highest BCUT2D eigenvalue weighted by atomic mass is 16.5. The fourth-order valence-electron chi connectivity index (χ4n) is 2.41. The number of carbonyl (C=O) groups is 1. The molecular formula is C19H25N3O3. The van der Waals surface area contributed by atoms with Crippen molar-refractivity contribution in [3.05, 3.63) is 58.5 Å². The van der Waals surface area contributed by atoms with Crippen molar-refractivity contribution in [2.75, 3.05) is 13.7 Å². The van der Waals surface area contributed by atoms with Crippen molar-refractivity contribution in [1.82, 2.24) is 10.6 Å². The molecule has 1 heterocycles. The zero-order valence-corrected chi connectivity index (χ0v) is 15.2. The normalized spacial score (nSPS) is 11.3. The maximum Gasteiger partial charge on any atom is 0.341 e. The Bertz CT molecular complexity index is 750. The molecule has 6 nitrogen and oxygen atoms in total. The summed E-state index contributed by atoms with van der Waals surface area (Å²) in [6, 6.07) is 9.87. The second-order valence-electron chi connectivity index (χ2n) is 5.65. The molecule has 6 heteroatoms. The van der Waals surface area contributed by atoms with Crippen molar-refractivity contribution in [3.63, 3.8) is 0 Å². The van der Waals surface area contributed by atoms with Gasteiger partial charge in [0.05, 0.1) is 20.2 Å². The number of esters is 1. The van der Waals surface area contributed by atoms with E-state index >= 15 is 0 Å². The first kappa shape index (κ1) is 18.6. The molecule has 2 aromatic rings. The topological polar surface area (TPSA) is 75.9 Å². The van der Waals surface area contributed by atoms with Crippen molar-refractivity contribution < 1.29 is 13.9 Å². The summed E-state index contributed by atoms with van der Waals surface area (Å²) in [6.45, 7) is 7.60. The predicted octanol–water partition coefficient (Wildman–Crippen LogP) is 2.94. The van der Waals surface area contributed by atoms with Gasteiger partial charge < -0.3 is 19.8 Å². The van der Waals surface area contributed by atoms with Gasteiger partial charge in [-0.1, -0.05) is 24.3 Å². The zero-order valence-electron chi connectivity index (χ0n) is 15.2. The first-order valence-corrected chi connectivity index (χ1v) is 8.29. The molecule has 0 fully saturated rings. The van der Waals surface area contributed by atoms with E-state index in [0.717, 1.165) is 6.54 Å². The number of nitrogens with one attached hydrogen (secondary N) is 2. The molecule has 0 atom stereocenters. The second kappa shape index (κ2) is 8.92. The summed E-state index contributed by atoms with van der Waals surface area (Å²) < 4.78 is 10.3. The van der Waals surface area contributed by atoms with Crippen molar-refractivity contribution in [3.8, 4) is 0 Å². The van der Waals surface area contributed by atoms with Crippen LogP contribution in [0.1, 0.15) is 39.9 Å². The van der Waals surface area contributed by atoms with Crippen LogP contribution in [0.3, 0.4) is 0 Å². The molecule has 2 rings (SSSR count). The zero-order chi connectivity index (χ0) is 18.2. The quantitative estimate of drug-likeness (QED) is 0.479. The summed E-state index contributed by atoms with van der Waals surface area (Å²) in [6.07, 6.45) is 0. The average molecular weight is 343 g/mol. The summed E-state index contributed by atoms with van der Waals surface area (Å²) in [5.74, 6) is 1.50. The Kier molecular flexibility index (Phi) is 6.62. The van der Waals surface area contributed by atoms with Gasteiger partial charge in [-0.3, -0.25) is 0 Å². The Balaban J connectivity index is 2.03. The summed E-state index contributed by atoms with van der Waals surface area (Å²) in [5, 5.41) is 6.42. The molecule has 0 saturated heterocycles. The maximum atomic E-state index is 11.6. The summed E-state index contributed by atoms with van der Waals surface area (Å²) in [7, 11) is 1.36. The van der Waals surface area contributed by atoms with Crippen molar-refractivity contribution in [1.29, 1.82) is 0 Å². The van der Waals surface area contributed by atoms with E-state index in [1.165, 1.54) is 18.2 Å². The van der Waals surface area contributed by atoms with E-state index in [9.17, 15) is 4.79 Å². The van der Waals surface area contributed by atoms with Crippen LogP contribution in [-0.4, -0.2) is 25.6 Å². The summed E-state index contributed by atoms with van der Waals surface area (Å²) in [4.78, 5) is 16.2. The Morgan fingerprint density at radius 1 is 1.24 bits per heavy atom. The van der Waals surface area contributed by atoms with Gasteiger partial charge in [0.15, 0.2) is 5.96 Å². The van der Waals surface area contributed by atoms with Gasteiger partial charge in [0.1, 0.15) is 17.1 Å². The Labute approximate surface area is 148 Å². The van der Waals surface area contributed by atoms with E-state index < -0.39 is 5.97 Å². The lowest BCUT2D eigenvalue weighted by Gasteiger charge is -2.10. The number of nitrogens with zero attached hydrogens (tertiary/aromatic N) is 1. The van der Waals surface area contributed by atoms with E-state index in [-0.39, 0.29) is 0 Å². The lowest BCUT2D eigenvalue weighted by Crippen LogP contribution is -2.36. The smallest absolute Gasteiger partial charge is 0.341 e. The van der Waals surface area contributed by atoms with Crippen LogP contribution < -0.4 is 10.6 Å². The molecule has 0 unspecified atom stereocenters. The van der Waals surface area contributed by atoms with Crippen LogP contribution >= 0.6 is 0 Å². The number of aliphatic imine (C=N–C) groups is 1. The average Bonchev–Trinajstić information content (AvgIpc) is 2.98. The molecule has 25 heavy (non-hydrogen) atoms. The molecule has 0 saturated carbocycles. The highest BCUT2D eigenvalue weighted by Gasteiger charge is 2.15. The lowest BCUT2D eigenvalue weighted by molar-refractivity contribution is 0.0599. The first-order valence-electron chi connectivity index (χ1n) is 8.29. The number of rotatable bonds is 6. The SMILES string of the molecule is CCNC(=NCc1ccccc1C)NCc1cc(C(=O)OC)c(C)o1. The Hall–Kier alpha value is -2.76. The lowest BCUT2D eigenvalue weighted by atomic mass is 10.1. The number of hydrogen-bond acceptors (Lipinski definition) is 4. The second-order valence-corrected chi connectivity index (χ2v) is 5.65. The van der Waals surface area contributed by atoms with Crippen LogP contribution in [0.4, 0.5) is 0 Å². The number of aryl methyl sites for hydroxylation is 2. The van der Waals surface area contributed by atoms with Gasteiger partial charge in [0.2, 0.25) is 0 Å². The van der Waals surface area contributed by atoms with Gasteiger partial charge in [0, 0.05) is 6.54 Å². The molecule has 1 aromatic heterocycles. The van der Waals surface area contributed by atoms with Crippen LogP contribution in [0, 0.1) is 13.8 Å². The van der Waals surface area contributed by atoms with Crippen LogP contribution in [-0.2, 0) is 17.8 Å². The van der Waals surface area contributed by atoms with E-state index in [1.54, 1.807) is 13.0 Å². The molecule has 0 radical (unpaired) electrons. The fraction of sp³-hybridized carbons (Fsp3) is 0.368. The van der Waals surface area contributed by atoms with Gasteiger partial charge in [-0.05, 0) is 38.0 Å². The van der Waals surface area contributed by atoms with E-state index in [4.69, 9.17) is 9.15 Å². The largest absolute Gasteiger partial charge is 0.465 e. The number of ether oxygens (including phenoxy) is 1. The Morgan fingerprint density at radius 2 is 2.00 bits per heavy atom. The maximum absolute atomic E-state index is 11.6. The molecule has 1 aromatic carbocycles.